The molecule has 5 aromatic carbocycles. The minimum atomic E-state index is 0.334. The molecule has 4 heteroatoms. The molecule has 0 aromatic heterocycles. The van der Waals surface area contributed by atoms with Crippen LogP contribution in [0.15, 0.2) is 176 Å². The summed E-state index contributed by atoms with van der Waals surface area (Å²) in [6.45, 7) is 3.19. The largest absolute Gasteiger partial charge is 0.455 e. The van der Waals surface area contributed by atoms with Crippen LogP contribution >= 0.6 is 0 Å². The third-order valence-corrected chi connectivity index (χ3v) is 8.26. The summed E-state index contributed by atoms with van der Waals surface area (Å²) >= 11 is 0. The van der Waals surface area contributed by atoms with Gasteiger partial charge in [0.1, 0.15) is 5.75 Å². The number of ether oxygens (including phenoxy) is 1. The summed E-state index contributed by atoms with van der Waals surface area (Å²) in [5.74, 6) is 2.38. The number of para-hydroxylation sites is 5. The maximum Gasteiger partial charge on any atom is 0.150 e. The molecule has 0 heterocycles. The van der Waals surface area contributed by atoms with Crippen LogP contribution in [-0.2, 0) is 0 Å². The molecule has 0 amide bonds. The van der Waals surface area contributed by atoms with Crippen molar-refractivity contribution < 1.29 is 4.74 Å². The third-order valence-electron chi connectivity index (χ3n) is 8.26. The van der Waals surface area contributed by atoms with Crippen molar-refractivity contribution >= 4 is 28.4 Å². The average Bonchev–Trinajstić information content (AvgIpc) is 3.12. The number of anilines is 5. The maximum absolute atomic E-state index is 6.13. The predicted octanol–water partition coefficient (Wildman–Crippen LogP) is 11.5. The van der Waals surface area contributed by atoms with E-state index >= 15 is 0 Å². The summed E-state index contributed by atoms with van der Waals surface area (Å²) in [6.07, 6.45) is 13.3. The Morgan fingerprint density at radius 2 is 1.35 bits per heavy atom. The Bertz CT molecular complexity index is 1710. The Hall–Kier alpha value is -5.48. The first-order chi connectivity index (χ1) is 22.7. The predicted molar refractivity (Wildman–Crippen MR) is 194 cm³/mol. The lowest BCUT2D eigenvalue weighted by Crippen LogP contribution is -2.26. The van der Waals surface area contributed by atoms with Gasteiger partial charge >= 0.3 is 0 Å². The number of allylic oxidation sites excluding steroid dienone is 5. The molecule has 0 spiro atoms. The molecule has 4 nitrogen and oxygen atoms in total. The van der Waals surface area contributed by atoms with Gasteiger partial charge in [0.15, 0.2) is 5.75 Å². The van der Waals surface area contributed by atoms with E-state index in [0.29, 0.717) is 11.8 Å². The van der Waals surface area contributed by atoms with E-state index in [9.17, 15) is 0 Å². The summed E-state index contributed by atoms with van der Waals surface area (Å²) in [4.78, 5) is 2.43. The van der Waals surface area contributed by atoms with Crippen LogP contribution in [0.2, 0.25) is 0 Å². The second-order valence-electron chi connectivity index (χ2n) is 11.5. The fourth-order valence-electron chi connectivity index (χ4n) is 5.81. The maximum atomic E-state index is 6.13. The van der Waals surface area contributed by atoms with Crippen LogP contribution in [0.1, 0.15) is 19.8 Å². The highest BCUT2D eigenvalue weighted by Gasteiger charge is 2.25. The summed E-state index contributed by atoms with van der Waals surface area (Å²) in [5.41, 5.74) is 6.68. The van der Waals surface area contributed by atoms with Gasteiger partial charge in [0.25, 0.3) is 0 Å². The zero-order chi connectivity index (χ0) is 31.4. The fraction of sp³-hybridized carbons (Fsp3) is 0.143. The monoisotopic (exact) mass is 603 g/mol. The van der Waals surface area contributed by atoms with Crippen LogP contribution in [0, 0.1) is 11.8 Å². The second-order valence-corrected chi connectivity index (χ2v) is 11.5. The van der Waals surface area contributed by atoms with Gasteiger partial charge in [0.05, 0.1) is 5.69 Å². The molecule has 0 fully saturated rings. The molecule has 0 radical (unpaired) electrons. The van der Waals surface area contributed by atoms with Gasteiger partial charge in [0.2, 0.25) is 0 Å². The van der Waals surface area contributed by atoms with E-state index < -0.39 is 0 Å². The van der Waals surface area contributed by atoms with E-state index in [2.05, 4.69) is 138 Å². The van der Waals surface area contributed by atoms with Crippen LogP contribution in [0.25, 0.3) is 0 Å². The smallest absolute Gasteiger partial charge is 0.150 e. The molecule has 0 saturated heterocycles. The van der Waals surface area contributed by atoms with Gasteiger partial charge in [-0.3, -0.25) is 0 Å². The molecule has 1 aliphatic carbocycles. The van der Waals surface area contributed by atoms with Crippen molar-refractivity contribution in [3.05, 3.63) is 176 Å². The molecule has 0 aliphatic heterocycles. The van der Waals surface area contributed by atoms with Gasteiger partial charge in [-0.15, -0.1) is 0 Å². The lowest BCUT2D eigenvalue weighted by atomic mass is 9.84. The van der Waals surface area contributed by atoms with E-state index in [1.54, 1.807) is 0 Å². The number of hydrogen-bond acceptors (Lipinski definition) is 4. The fourth-order valence-corrected chi connectivity index (χ4v) is 5.81. The second kappa shape index (κ2) is 15.5. The van der Waals surface area contributed by atoms with Gasteiger partial charge in [-0.05, 0) is 91.6 Å². The minimum absolute atomic E-state index is 0.334. The first-order valence-corrected chi connectivity index (χ1v) is 16.1. The van der Waals surface area contributed by atoms with Crippen LogP contribution in [0.5, 0.6) is 11.5 Å². The topological polar surface area (TPSA) is 36.5 Å². The van der Waals surface area contributed by atoms with Crippen molar-refractivity contribution in [3.8, 4) is 11.5 Å². The molecule has 0 bridgehead atoms. The lowest BCUT2D eigenvalue weighted by molar-refractivity contribution is 0.483. The molecular weight excluding hydrogens is 562 g/mol. The van der Waals surface area contributed by atoms with Gasteiger partial charge in [-0.25, -0.2) is 0 Å². The Balaban J connectivity index is 1.15. The summed E-state index contributed by atoms with van der Waals surface area (Å²) in [6, 6.07) is 47.7. The van der Waals surface area contributed by atoms with Gasteiger partial charge in [-0.2, -0.15) is 0 Å². The number of nitrogens with one attached hydrogen (secondary N) is 2. The normalized spacial score (nSPS) is 14.8. The van der Waals surface area contributed by atoms with E-state index in [4.69, 9.17) is 4.74 Å². The van der Waals surface area contributed by atoms with Crippen LogP contribution in [-0.4, -0.2) is 6.54 Å². The van der Waals surface area contributed by atoms with Crippen molar-refractivity contribution in [3.63, 3.8) is 0 Å². The van der Waals surface area contributed by atoms with Crippen molar-refractivity contribution in [1.29, 1.82) is 0 Å². The number of hydrogen-bond donors (Lipinski definition) is 2. The summed E-state index contributed by atoms with van der Waals surface area (Å²) in [5, 5.41) is 7.14. The molecule has 6 rings (SSSR count). The van der Waals surface area contributed by atoms with Crippen LogP contribution in [0.3, 0.4) is 0 Å². The van der Waals surface area contributed by atoms with E-state index in [1.807, 2.05) is 54.6 Å². The highest BCUT2D eigenvalue weighted by atomic mass is 16.5. The third kappa shape index (κ3) is 7.96. The SMILES string of the molecule is CC(/C(=C\CCNc1ccc(Nc2ccccc2Oc2ccccc2)cc1)N(c1ccccc1)c1ccccc1)C1C=CC=CC1. The quantitative estimate of drug-likeness (QED) is 0.131. The number of benzene rings is 5. The van der Waals surface area contributed by atoms with Gasteiger partial charge < -0.3 is 20.3 Å². The summed E-state index contributed by atoms with van der Waals surface area (Å²) < 4.78 is 6.13. The Labute approximate surface area is 273 Å². The highest BCUT2D eigenvalue weighted by Crippen LogP contribution is 2.38. The molecular formula is C42H41N3O. The van der Waals surface area contributed by atoms with Crippen molar-refractivity contribution in [2.45, 2.75) is 19.8 Å². The zero-order valence-electron chi connectivity index (χ0n) is 26.3. The molecule has 2 atom stereocenters. The molecule has 46 heavy (non-hydrogen) atoms. The highest BCUT2D eigenvalue weighted by molar-refractivity contribution is 5.69. The van der Waals surface area contributed by atoms with Gasteiger partial charge in [-0.1, -0.05) is 104 Å². The molecule has 0 saturated carbocycles. The standard InChI is InChI=1S/C42H41N3O/c1-33(34-17-6-2-7-18-34)41(45(37-19-8-3-9-20-37)38-21-10-4-11-22-38)26-16-32-43-35-28-30-36(31-29-35)44-40-25-14-15-27-42(40)46-39-23-12-5-13-24-39/h2-15,17,19-31,33-34,43-44H,16,18,32H2,1H3/b41-26+. The minimum Gasteiger partial charge on any atom is -0.455 e. The zero-order valence-corrected chi connectivity index (χ0v) is 26.3. The molecule has 2 unspecified atom stereocenters. The number of nitrogens with zero attached hydrogens (tertiary/aromatic N) is 1. The average molecular weight is 604 g/mol. The van der Waals surface area contributed by atoms with Crippen molar-refractivity contribution in [2.24, 2.45) is 11.8 Å². The molecule has 2 N–H and O–H groups in total. The van der Waals surface area contributed by atoms with Crippen molar-refractivity contribution in [1.82, 2.24) is 0 Å². The molecule has 230 valence electrons. The first kappa shape index (κ1) is 30.5. The van der Waals surface area contributed by atoms with Crippen LogP contribution in [0.4, 0.5) is 28.4 Å². The van der Waals surface area contributed by atoms with Crippen LogP contribution < -0.4 is 20.3 Å². The van der Waals surface area contributed by atoms with E-state index in [0.717, 1.165) is 47.9 Å². The Morgan fingerprint density at radius 3 is 2.00 bits per heavy atom. The van der Waals surface area contributed by atoms with Gasteiger partial charge in [0, 0.05) is 40.9 Å². The Kier molecular flexibility index (Phi) is 10.3. The summed E-state index contributed by atoms with van der Waals surface area (Å²) in [7, 11) is 0. The van der Waals surface area contributed by atoms with E-state index in [-0.39, 0.29) is 0 Å². The van der Waals surface area contributed by atoms with Crippen molar-refractivity contribution in [2.75, 3.05) is 22.1 Å². The first-order valence-electron chi connectivity index (χ1n) is 16.1. The Morgan fingerprint density at radius 1 is 0.739 bits per heavy atom. The molecule has 1 aliphatic rings. The number of rotatable bonds is 13. The lowest BCUT2D eigenvalue weighted by Gasteiger charge is -2.34. The molecule has 5 aromatic rings. The van der Waals surface area contributed by atoms with E-state index in [1.165, 1.54) is 17.1 Å².